The van der Waals surface area contributed by atoms with Gasteiger partial charge in [-0.25, -0.2) is 0 Å². The fraction of sp³-hybridized carbons (Fsp3) is 0.294. The summed E-state index contributed by atoms with van der Waals surface area (Å²) in [6.07, 6.45) is 0. The maximum Gasteiger partial charge on any atom is 0.0321 e. The maximum absolute atomic E-state index is 6.01. The minimum Gasteiger partial charge on any atom is -0.329 e. The summed E-state index contributed by atoms with van der Waals surface area (Å²) in [5.74, 6) is 0.308. The van der Waals surface area contributed by atoms with Crippen LogP contribution in [-0.2, 0) is 0 Å². The van der Waals surface area contributed by atoms with Gasteiger partial charge in [0.2, 0.25) is 0 Å². The topological polar surface area (TPSA) is 29.3 Å². The second kappa shape index (κ2) is 6.50. The molecule has 2 aromatic rings. The van der Waals surface area contributed by atoms with Crippen LogP contribution in [0.25, 0.3) is 0 Å². The molecule has 0 saturated carbocycles. The molecule has 0 spiro atoms. The van der Waals surface area contributed by atoms with E-state index in [0.717, 1.165) is 0 Å². The Morgan fingerprint density at radius 3 is 1.58 bits per heavy atom. The Labute approximate surface area is 115 Å². The lowest BCUT2D eigenvalue weighted by atomic mass is 9.84. The van der Waals surface area contributed by atoms with E-state index < -0.39 is 0 Å². The second-order valence-corrected chi connectivity index (χ2v) is 5.07. The van der Waals surface area contributed by atoms with Gasteiger partial charge in [0, 0.05) is 18.5 Å². The van der Waals surface area contributed by atoms with E-state index in [9.17, 15) is 0 Å². The quantitative estimate of drug-likeness (QED) is 0.889. The molecule has 2 aromatic carbocycles. The van der Waals surface area contributed by atoms with Crippen LogP contribution in [0, 0.1) is 0 Å². The number of benzene rings is 2. The molecule has 0 aliphatic carbocycles. The zero-order valence-corrected chi connectivity index (χ0v) is 11.7. The molecule has 0 aromatic heterocycles. The molecule has 0 aliphatic heterocycles. The Bertz CT molecular complexity index is 440. The zero-order chi connectivity index (χ0) is 13.7. The fourth-order valence-electron chi connectivity index (χ4n) is 2.60. The highest BCUT2D eigenvalue weighted by Crippen LogP contribution is 2.29. The average Bonchev–Trinajstić information content (AvgIpc) is 2.46. The molecule has 0 fully saturated rings. The van der Waals surface area contributed by atoms with Crippen molar-refractivity contribution in [2.24, 2.45) is 5.73 Å². The van der Waals surface area contributed by atoms with Gasteiger partial charge in [-0.15, -0.1) is 0 Å². The third-order valence-corrected chi connectivity index (χ3v) is 3.61. The van der Waals surface area contributed by atoms with Crippen molar-refractivity contribution in [3.63, 3.8) is 0 Å². The summed E-state index contributed by atoms with van der Waals surface area (Å²) in [4.78, 5) is 2.21. The van der Waals surface area contributed by atoms with E-state index >= 15 is 0 Å². The summed E-state index contributed by atoms with van der Waals surface area (Å²) in [6.45, 7) is 0.640. The summed E-state index contributed by atoms with van der Waals surface area (Å²) in [6, 6.07) is 21.5. The van der Waals surface area contributed by atoms with Crippen molar-refractivity contribution in [1.29, 1.82) is 0 Å². The molecule has 2 rings (SSSR count). The average molecular weight is 254 g/mol. The SMILES string of the molecule is CN(C)C(CN)C(c1ccccc1)c1ccccc1. The second-order valence-electron chi connectivity index (χ2n) is 5.07. The van der Waals surface area contributed by atoms with Gasteiger partial charge in [-0.3, -0.25) is 0 Å². The number of nitrogens with zero attached hydrogens (tertiary/aromatic N) is 1. The smallest absolute Gasteiger partial charge is 0.0321 e. The largest absolute Gasteiger partial charge is 0.329 e. The maximum atomic E-state index is 6.01. The molecule has 1 atom stereocenters. The van der Waals surface area contributed by atoms with E-state index in [-0.39, 0.29) is 0 Å². The first-order valence-electron chi connectivity index (χ1n) is 6.70. The highest BCUT2D eigenvalue weighted by molar-refractivity contribution is 5.34. The molecule has 0 aliphatic rings. The third-order valence-electron chi connectivity index (χ3n) is 3.61. The summed E-state index contributed by atoms with van der Waals surface area (Å²) >= 11 is 0. The van der Waals surface area contributed by atoms with E-state index in [1.165, 1.54) is 11.1 Å². The van der Waals surface area contributed by atoms with E-state index in [1.807, 2.05) is 0 Å². The minimum absolute atomic E-state index is 0.296. The van der Waals surface area contributed by atoms with Gasteiger partial charge in [-0.2, -0.15) is 0 Å². The van der Waals surface area contributed by atoms with E-state index in [0.29, 0.717) is 18.5 Å². The summed E-state index contributed by atoms with van der Waals surface area (Å²) in [5, 5.41) is 0. The fourth-order valence-corrected chi connectivity index (χ4v) is 2.60. The standard InChI is InChI=1S/C17H22N2/c1-19(2)16(13-18)17(14-9-5-3-6-10-14)15-11-7-4-8-12-15/h3-12,16-17H,13,18H2,1-2H3. The summed E-state index contributed by atoms with van der Waals surface area (Å²) in [7, 11) is 4.19. The monoisotopic (exact) mass is 254 g/mol. The number of hydrogen-bond donors (Lipinski definition) is 1. The predicted molar refractivity (Wildman–Crippen MR) is 81.3 cm³/mol. The Hall–Kier alpha value is -1.64. The summed E-state index contributed by atoms with van der Waals surface area (Å²) in [5.41, 5.74) is 8.64. The van der Waals surface area contributed by atoms with E-state index in [1.54, 1.807) is 0 Å². The van der Waals surface area contributed by atoms with Crippen molar-refractivity contribution in [3.8, 4) is 0 Å². The number of hydrogen-bond acceptors (Lipinski definition) is 2. The molecule has 0 saturated heterocycles. The van der Waals surface area contributed by atoms with Crippen LogP contribution in [0.4, 0.5) is 0 Å². The molecule has 0 amide bonds. The molecule has 0 radical (unpaired) electrons. The Balaban J connectivity index is 2.45. The van der Waals surface area contributed by atoms with Crippen LogP contribution in [0.5, 0.6) is 0 Å². The number of rotatable bonds is 5. The van der Waals surface area contributed by atoms with Crippen molar-refractivity contribution in [1.82, 2.24) is 4.90 Å². The molecular weight excluding hydrogens is 232 g/mol. The molecule has 100 valence electrons. The van der Waals surface area contributed by atoms with Gasteiger partial charge in [0.25, 0.3) is 0 Å². The van der Waals surface area contributed by atoms with Gasteiger partial charge in [0.05, 0.1) is 0 Å². The van der Waals surface area contributed by atoms with Crippen molar-refractivity contribution in [2.75, 3.05) is 20.6 Å². The van der Waals surface area contributed by atoms with Crippen molar-refractivity contribution in [3.05, 3.63) is 71.8 Å². The third kappa shape index (κ3) is 3.22. The Morgan fingerprint density at radius 1 is 0.842 bits per heavy atom. The highest BCUT2D eigenvalue weighted by atomic mass is 15.1. The number of nitrogens with two attached hydrogens (primary N) is 1. The molecule has 0 bridgehead atoms. The molecule has 1 unspecified atom stereocenters. The van der Waals surface area contributed by atoms with Gasteiger partial charge in [0.1, 0.15) is 0 Å². The van der Waals surface area contributed by atoms with Crippen LogP contribution < -0.4 is 5.73 Å². The van der Waals surface area contributed by atoms with Crippen LogP contribution in [0.15, 0.2) is 60.7 Å². The first kappa shape index (κ1) is 13.8. The molecular formula is C17H22N2. The zero-order valence-electron chi connectivity index (χ0n) is 11.7. The first-order chi connectivity index (χ1) is 9.24. The first-order valence-corrected chi connectivity index (χ1v) is 6.70. The number of likely N-dealkylation sites (N-methyl/N-ethyl adjacent to an activating group) is 1. The van der Waals surface area contributed by atoms with Gasteiger partial charge >= 0.3 is 0 Å². The molecule has 2 nitrogen and oxygen atoms in total. The molecule has 2 N–H and O–H groups in total. The van der Waals surface area contributed by atoms with Crippen molar-refractivity contribution >= 4 is 0 Å². The lowest BCUT2D eigenvalue weighted by molar-refractivity contribution is 0.275. The Kier molecular flexibility index (Phi) is 4.72. The molecule has 19 heavy (non-hydrogen) atoms. The van der Waals surface area contributed by atoms with Crippen LogP contribution in [0.2, 0.25) is 0 Å². The Morgan fingerprint density at radius 2 is 1.26 bits per heavy atom. The normalized spacial score (nSPS) is 12.9. The van der Waals surface area contributed by atoms with E-state index in [4.69, 9.17) is 5.73 Å². The van der Waals surface area contributed by atoms with Crippen LogP contribution in [-0.4, -0.2) is 31.6 Å². The predicted octanol–water partition coefficient (Wildman–Crippen LogP) is 2.71. The minimum atomic E-state index is 0.296. The van der Waals surface area contributed by atoms with Crippen LogP contribution >= 0.6 is 0 Å². The van der Waals surface area contributed by atoms with Gasteiger partial charge in [0.15, 0.2) is 0 Å². The molecule has 0 heterocycles. The molecule has 2 heteroatoms. The van der Waals surface area contributed by atoms with E-state index in [2.05, 4.69) is 79.7 Å². The lowest BCUT2D eigenvalue weighted by Gasteiger charge is -2.32. The van der Waals surface area contributed by atoms with Gasteiger partial charge in [-0.05, 0) is 25.2 Å². The lowest BCUT2D eigenvalue weighted by Crippen LogP contribution is -2.40. The van der Waals surface area contributed by atoms with Crippen molar-refractivity contribution < 1.29 is 0 Å². The van der Waals surface area contributed by atoms with Gasteiger partial charge < -0.3 is 10.6 Å². The highest BCUT2D eigenvalue weighted by Gasteiger charge is 2.25. The van der Waals surface area contributed by atoms with Crippen LogP contribution in [0.3, 0.4) is 0 Å². The van der Waals surface area contributed by atoms with Crippen LogP contribution in [0.1, 0.15) is 17.0 Å². The van der Waals surface area contributed by atoms with Crippen molar-refractivity contribution in [2.45, 2.75) is 12.0 Å². The summed E-state index contributed by atoms with van der Waals surface area (Å²) < 4.78 is 0. The van der Waals surface area contributed by atoms with Gasteiger partial charge in [-0.1, -0.05) is 60.7 Å².